The topological polar surface area (TPSA) is 48.1 Å². The first-order valence-corrected chi connectivity index (χ1v) is 5.49. The van der Waals surface area contributed by atoms with Crippen LogP contribution in [0.3, 0.4) is 0 Å². The van der Waals surface area contributed by atoms with Crippen molar-refractivity contribution in [1.82, 2.24) is 4.98 Å². The van der Waals surface area contributed by atoms with Crippen molar-refractivity contribution < 1.29 is 4.74 Å². The highest BCUT2D eigenvalue weighted by molar-refractivity contribution is 5.08. The number of hydrogen-bond donors (Lipinski definition) is 1. The largest absolute Gasteiger partial charge is 0.369 e. The van der Waals surface area contributed by atoms with E-state index in [0.717, 1.165) is 18.4 Å². The Bertz CT molecular complexity index is 262. The number of aromatic nitrogens is 1. The second-order valence-corrected chi connectivity index (χ2v) is 3.74. The molecule has 0 aliphatic carbocycles. The zero-order chi connectivity index (χ0) is 11.1. The van der Waals surface area contributed by atoms with Crippen LogP contribution in [-0.4, -0.2) is 17.1 Å². The molecule has 0 bridgehead atoms. The van der Waals surface area contributed by atoms with Gasteiger partial charge in [0.15, 0.2) is 0 Å². The van der Waals surface area contributed by atoms with Gasteiger partial charge in [0.2, 0.25) is 0 Å². The summed E-state index contributed by atoms with van der Waals surface area (Å²) < 4.78 is 5.91. The fourth-order valence-electron chi connectivity index (χ4n) is 1.52. The molecule has 1 rings (SSSR count). The molecule has 0 atom stereocenters. The maximum absolute atomic E-state index is 5.91. The molecule has 3 nitrogen and oxygen atoms in total. The van der Waals surface area contributed by atoms with E-state index in [2.05, 4.69) is 18.8 Å². The van der Waals surface area contributed by atoms with Gasteiger partial charge in [0.1, 0.15) is 0 Å². The van der Waals surface area contributed by atoms with Gasteiger partial charge in [0, 0.05) is 18.9 Å². The first-order valence-electron chi connectivity index (χ1n) is 5.49. The Morgan fingerprint density at radius 3 is 2.33 bits per heavy atom. The van der Waals surface area contributed by atoms with Crippen molar-refractivity contribution in [1.29, 1.82) is 0 Å². The van der Waals surface area contributed by atoms with Crippen LogP contribution in [0.4, 0.5) is 0 Å². The van der Waals surface area contributed by atoms with E-state index >= 15 is 0 Å². The average Bonchev–Trinajstić information content (AvgIpc) is 2.33. The highest BCUT2D eigenvalue weighted by Gasteiger charge is 2.24. The number of pyridine rings is 1. The fraction of sp³-hybridized carbons (Fsp3) is 0.583. The van der Waals surface area contributed by atoms with Gasteiger partial charge in [0.25, 0.3) is 0 Å². The van der Waals surface area contributed by atoms with E-state index in [1.54, 1.807) is 12.4 Å². The Kier molecular flexibility index (Phi) is 4.72. The summed E-state index contributed by atoms with van der Waals surface area (Å²) in [7, 11) is 0. The van der Waals surface area contributed by atoms with Crippen molar-refractivity contribution in [3.05, 3.63) is 30.1 Å². The summed E-state index contributed by atoms with van der Waals surface area (Å²) in [5, 5.41) is 0. The van der Waals surface area contributed by atoms with E-state index in [-0.39, 0.29) is 5.60 Å². The van der Waals surface area contributed by atoms with Crippen LogP contribution in [0.15, 0.2) is 24.5 Å². The van der Waals surface area contributed by atoms with Crippen LogP contribution >= 0.6 is 0 Å². The number of ether oxygens (including phenoxy) is 1. The predicted octanol–water partition coefficient (Wildman–Crippen LogP) is 2.12. The first-order chi connectivity index (χ1) is 7.26. The molecule has 0 spiro atoms. The number of nitrogens with two attached hydrogens (primary N) is 1. The van der Waals surface area contributed by atoms with E-state index in [1.807, 2.05) is 12.1 Å². The van der Waals surface area contributed by atoms with Crippen LogP contribution in [0.5, 0.6) is 0 Å². The van der Waals surface area contributed by atoms with E-state index < -0.39 is 0 Å². The summed E-state index contributed by atoms with van der Waals surface area (Å²) in [6.45, 7) is 5.41. The molecule has 0 radical (unpaired) electrons. The monoisotopic (exact) mass is 208 g/mol. The van der Waals surface area contributed by atoms with Gasteiger partial charge >= 0.3 is 0 Å². The predicted molar refractivity (Wildman–Crippen MR) is 61.4 cm³/mol. The van der Waals surface area contributed by atoms with E-state index in [4.69, 9.17) is 10.5 Å². The zero-order valence-electron chi connectivity index (χ0n) is 9.57. The SMILES string of the molecule is CCC(CC)(CN)OCc1ccncc1. The summed E-state index contributed by atoms with van der Waals surface area (Å²) in [6.07, 6.45) is 5.46. The second kappa shape index (κ2) is 5.83. The molecule has 2 N–H and O–H groups in total. The molecule has 3 heteroatoms. The normalized spacial score (nSPS) is 11.7. The Hall–Kier alpha value is -0.930. The van der Waals surface area contributed by atoms with Gasteiger partial charge < -0.3 is 10.5 Å². The standard InChI is InChI=1S/C12H20N2O/c1-3-12(4-2,10-13)15-9-11-5-7-14-8-6-11/h5-8H,3-4,9-10,13H2,1-2H3. The highest BCUT2D eigenvalue weighted by atomic mass is 16.5. The first kappa shape index (κ1) is 12.1. The summed E-state index contributed by atoms with van der Waals surface area (Å²) in [4.78, 5) is 3.97. The summed E-state index contributed by atoms with van der Waals surface area (Å²) >= 11 is 0. The van der Waals surface area contributed by atoms with Crippen LogP contribution in [0, 0.1) is 0 Å². The second-order valence-electron chi connectivity index (χ2n) is 3.74. The van der Waals surface area contributed by atoms with E-state index in [9.17, 15) is 0 Å². The molecule has 0 fully saturated rings. The molecular weight excluding hydrogens is 188 g/mol. The van der Waals surface area contributed by atoms with Crippen LogP contribution in [0.2, 0.25) is 0 Å². The van der Waals surface area contributed by atoms with Crippen molar-refractivity contribution in [2.45, 2.75) is 38.9 Å². The third-order valence-corrected chi connectivity index (χ3v) is 2.96. The van der Waals surface area contributed by atoms with Gasteiger partial charge in [-0.15, -0.1) is 0 Å². The van der Waals surface area contributed by atoms with Crippen molar-refractivity contribution in [3.8, 4) is 0 Å². The molecule has 0 amide bonds. The van der Waals surface area contributed by atoms with Gasteiger partial charge in [-0.2, -0.15) is 0 Å². The van der Waals surface area contributed by atoms with Crippen molar-refractivity contribution in [3.63, 3.8) is 0 Å². The van der Waals surface area contributed by atoms with Crippen molar-refractivity contribution in [2.24, 2.45) is 5.73 Å². The van der Waals surface area contributed by atoms with Crippen molar-refractivity contribution in [2.75, 3.05) is 6.54 Å². The molecule has 84 valence electrons. The summed E-state index contributed by atoms with van der Waals surface area (Å²) in [5.41, 5.74) is 6.74. The molecule has 0 unspecified atom stereocenters. The maximum Gasteiger partial charge on any atom is 0.0803 e. The van der Waals surface area contributed by atoms with Gasteiger partial charge in [-0.3, -0.25) is 4.98 Å². The number of hydrogen-bond acceptors (Lipinski definition) is 3. The quantitative estimate of drug-likeness (QED) is 0.779. The smallest absolute Gasteiger partial charge is 0.0803 e. The van der Waals surface area contributed by atoms with Crippen LogP contribution < -0.4 is 5.73 Å². The third kappa shape index (κ3) is 3.29. The van der Waals surface area contributed by atoms with Gasteiger partial charge in [-0.05, 0) is 30.5 Å². The lowest BCUT2D eigenvalue weighted by molar-refractivity contribution is -0.0553. The summed E-state index contributed by atoms with van der Waals surface area (Å²) in [6, 6.07) is 3.93. The van der Waals surface area contributed by atoms with Crippen LogP contribution in [0.25, 0.3) is 0 Å². The van der Waals surface area contributed by atoms with Gasteiger partial charge in [-0.25, -0.2) is 0 Å². The highest BCUT2D eigenvalue weighted by Crippen LogP contribution is 2.20. The lowest BCUT2D eigenvalue weighted by atomic mass is 9.97. The minimum absolute atomic E-state index is 0.163. The minimum atomic E-state index is -0.163. The van der Waals surface area contributed by atoms with Crippen molar-refractivity contribution >= 4 is 0 Å². The molecule has 1 heterocycles. The molecule has 1 aromatic rings. The summed E-state index contributed by atoms with van der Waals surface area (Å²) in [5.74, 6) is 0. The minimum Gasteiger partial charge on any atom is -0.369 e. The zero-order valence-corrected chi connectivity index (χ0v) is 9.57. The molecule has 0 aromatic carbocycles. The lowest BCUT2D eigenvalue weighted by Crippen LogP contribution is -2.39. The molecule has 15 heavy (non-hydrogen) atoms. The lowest BCUT2D eigenvalue weighted by Gasteiger charge is -2.30. The Balaban J connectivity index is 2.54. The van der Waals surface area contributed by atoms with Crippen LogP contribution in [0.1, 0.15) is 32.3 Å². The molecule has 0 saturated heterocycles. The van der Waals surface area contributed by atoms with E-state index in [0.29, 0.717) is 13.2 Å². The third-order valence-electron chi connectivity index (χ3n) is 2.96. The molecule has 0 saturated carbocycles. The maximum atomic E-state index is 5.91. The average molecular weight is 208 g/mol. The molecule has 1 aromatic heterocycles. The fourth-order valence-corrected chi connectivity index (χ4v) is 1.52. The molecular formula is C12H20N2O. The number of rotatable bonds is 6. The van der Waals surface area contributed by atoms with Gasteiger partial charge in [-0.1, -0.05) is 13.8 Å². The van der Waals surface area contributed by atoms with E-state index in [1.165, 1.54) is 0 Å². The Labute approximate surface area is 91.7 Å². The number of nitrogens with zero attached hydrogens (tertiary/aromatic N) is 1. The molecule has 0 aliphatic rings. The molecule has 0 aliphatic heterocycles. The Morgan fingerprint density at radius 2 is 1.87 bits per heavy atom. The van der Waals surface area contributed by atoms with Crippen LogP contribution in [-0.2, 0) is 11.3 Å². The van der Waals surface area contributed by atoms with Gasteiger partial charge in [0.05, 0.1) is 12.2 Å². The Morgan fingerprint density at radius 1 is 1.27 bits per heavy atom.